The van der Waals surface area contributed by atoms with Crippen LogP contribution >= 0.6 is 11.6 Å². The van der Waals surface area contributed by atoms with Crippen LogP contribution in [0.3, 0.4) is 0 Å². The number of nitrogens with zero attached hydrogens (tertiary/aromatic N) is 3. The highest BCUT2D eigenvalue weighted by Crippen LogP contribution is 2.32. The first-order valence-corrected chi connectivity index (χ1v) is 4.53. The normalized spacial score (nSPS) is 12.3. The maximum absolute atomic E-state index is 12.5. The zero-order chi connectivity index (χ0) is 11.1. The number of rotatable bonds is 1. The molecule has 0 amide bonds. The van der Waals surface area contributed by atoms with Gasteiger partial charge in [0.2, 0.25) is 0 Å². The average Bonchev–Trinajstić information content (AvgIpc) is 2.55. The molecule has 2 rings (SSSR count). The summed E-state index contributed by atoms with van der Waals surface area (Å²) in [6.07, 6.45) is -1.71. The topological polar surface area (TPSA) is 30.2 Å². The molecule has 0 atom stereocenters. The Morgan fingerprint density at radius 3 is 2.73 bits per heavy atom. The summed E-state index contributed by atoms with van der Waals surface area (Å²) < 4.78 is 38.6. The van der Waals surface area contributed by atoms with E-state index in [9.17, 15) is 13.2 Å². The molecule has 2 heterocycles. The Kier molecular flexibility index (Phi) is 2.30. The van der Waals surface area contributed by atoms with Gasteiger partial charge in [0.25, 0.3) is 0 Å². The van der Waals surface area contributed by atoms with Crippen molar-refractivity contribution in [1.29, 1.82) is 0 Å². The van der Waals surface area contributed by atoms with E-state index in [1.54, 1.807) is 0 Å². The number of hydrogen-bond acceptors (Lipinski definition) is 2. The zero-order valence-electron chi connectivity index (χ0n) is 7.29. The molecule has 0 unspecified atom stereocenters. The Bertz CT molecular complexity index is 491. The van der Waals surface area contributed by atoms with Crippen LogP contribution in [-0.2, 0) is 12.1 Å². The Morgan fingerprint density at radius 1 is 1.40 bits per heavy atom. The Morgan fingerprint density at radius 2 is 2.13 bits per heavy atom. The van der Waals surface area contributed by atoms with Gasteiger partial charge in [-0.05, 0) is 6.07 Å². The second kappa shape index (κ2) is 3.37. The lowest BCUT2D eigenvalue weighted by Crippen LogP contribution is -2.08. The van der Waals surface area contributed by atoms with E-state index < -0.39 is 11.9 Å². The van der Waals surface area contributed by atoms with Gasteiger partial charge < -0.3 is 0 Å². The van der Waals surface area contributed by atoms with Gasteiger partial charge in [0.1, 0.15) is 0 Å². The molecule has 0 bridgehead atoms. The van der Waals surface area contributed by atoms with E-state index in [1.165, 1.54) is 18.5 Å². The van der Waals surface area contributed by atoms with Gasteiger partial charge in [-0.2, -0.15) is 18.3 Å². The fourth-order valence-electron chi connectivity index (χ4n) is 1.29. The van der Waals surface area contributed by atoms with Crippen molar-refractivity contribution >= 4 is 17.2 Å². The molecule has 0 radical (unpaired) electrons. The number of hydrogen-bond donors (Lipinski definition) is 0. The third-order valence-electron chi connectivity index (χ3n) is 1.89. The molecule has 0 fully saturated rings. The van der Waals surface area contributed by atoms with Gasteiger partial charge in [0.15, 0.2) is 11.3 Å². The van der Waals surface area contributed by atoms with Gasteiger partial charge in [-0.15, -0.1) is 11.6 Å². The van der Waals surface area contributed by atoms with Crippen LogP contribution in [0.1, 0.15) is 11.3 Å². The van der Waals surface area contributed by atoms with Gasteiger partial charge in [0.05, 0.1) is 5.88 Å². The van der Waals surface area contributed by atoms with Crippen LogP contribution in [0.4, 0.5) is 13.2 Å². The fraction of sp³-hybridized carbons (Fsp3) is 0.250. The first-order chi connectivity index (χ1) is 7.04. The standard InChI is InChI=1S/C8H5ClF3N3/c9-4-5-6(8(10,11)12)14-15-3-1-2-13-7(5)15/h1-3H,4H2. The SMILES string of the molecule is FC(F)(F)c1nn2cccnc2c1CCl. The molecule has 0 aliphatic rings. The molecule has 3 nitrogen and oxygen atoms in total. The number of alkyl halides is 4. The molecule has 0 aliphatic heterocycles. The highest BCUT2D eigenvalue weighted by molar-refractivity contribution is 6.17. The molecule has 2 aromatic rings. The summed E-state index contributed by atoms with van der Waals surface area (Å²) in [7, 11) is 0. The number of halogens is 4. The molecule has 0 spiro atoms. The molecular weight excluding hydrogens is 231 g/mol. The number of fused-ring (bicyclic) bond motifs is 1. The second-order valence-electron chi connectivity index (χ2n) is 2.85. The lowest BCUT2D eigenvalue weighted by molar-refractivity contribution is -0.141. The Hall–Kier alpha value is -1.30. The van der Waals surface area contributed by atoms with E-state index in [0.717, 1.165) is 4.52 Å². The minimum Gasteiger partial charge on any atom is -0.237 e. The van der Waals surface area contributed by atoms with Crippen LogP contribution in [0, 0.1) is 0 Å². The summed E-state index contributed by atoms with van der Waals surface area (Å²) in [6.45, 7) is 0. The van der Waals surface area contributed by atoms with E-state index in [2.05, 4.69) is 10.1 Å². The van der Waals surface area contributed by atoms with Crippen LogP contribution in [0.25, 0.3) is 5.65 Å². The second-order valence-corrected chi connectivity index (χ2v) is 3.11. The molecule has 0 saturated heterocycles. The summed E-state index contributed by atoms with van der Waals surface area (Å²) in [4.78, 5) is 3.80. The molecule has 80 valence electrons. The van der Waals surface area contributed by atoms with Crippen LogP contribution in [0.15, 0.2) is 18.5 Å². The third-order valence-corrected chi connectivity index (χ3v) is 2.16. The van der Waals surface area contributed by atoms with Crippen molar-refractivity contribution in [3.63, 3.8) is 0 Å². The Balaban J connectivity index is 2.75. The van der Waals surface area contributed by atoms with Crippen molar-refractivity contribution in [3.8, 4) is 0 Å². The maximum atomic E-state index is 12.5. The van der Waals surface area contributed by atoms with Crippen LogP contribution < -0.4 is 0 Å². The highest BCUT2D eigenvalue weighted by Gasteiger charge is 2.37. The van der Waals surface area contributed by atoms with E-state index in [4.69, 9.17) is 11.6 Å². The van der Waals surface area contributed by atoms with Crippen molar-refractivity contribution < 1.29 is 13.2 Å². The van der Waals surface area contributed by atoms with Crippen molar-refractivity contribution in [2.24, 2.45) is 0 Å². The lowest BCUT2D eigenvalue weighted by Gasteiger charge is -2.02. The molecule has 0 aliphatic carbocycles. The third kappa shape index (κ3) is 1.65. The van der Waals surface area contributed by atoms with E-state index in [-0.39, 0.29) is 17.1 Å². The molecular formula is C8H5ClF3N3. The molecule has 15 heavy (non-hydrogen) atoms. The molecule has 7 heteroatoms. The van der Waals surface area contributed by atoms with E-state index in [0.29, 0.717) is 0 Å². The van der Waals surface area contributed by atoms with Crippen molar-refractivity contribution in [3.05, 3.63) is 29.7 Å². The zero-order valence-corrected chi connectivity index (χ0v) is 8.05. The molecule has 0 N–H and O–H groups in total. The van der Waals surface area contributed by atoms with Crippen molar-refractivity contribution in [1.82, 2.24) is 14.6 Å². The molecule has 0 saturated carbocycles. The predicted molar refractivity (Wildman–Crippen MR) is 47.5 cm³/mol. The summed E-state index contributed by atoms with van der Waals surface area (Å²) in [6, 6.07) is 1.50. The van der Waals surface area contributed by atoms with Crippen LogP contribution in [0.2, 0.25) is 0 Å². The summed E-state index contributed by atoms with van der Waals surface area (Å²) >= 11 is 5.47. The van der Waals surface area contributed by atoms with Gasteiger partial charge in [-0.25, -0.2) is 9.50 Å². The summed E-state index contributed by atoms with van der Waals surface area (Å²) in [5.41, 5.74) is -0.930. The largest absolute Gasteiger partial charge is 0.435 e. The predicted octanol–water partition coefficient (Wildman–Crippen LogP) is 2.49. The molecule has 2 aromatic heterocycles. The molecule has 0 aromatic carbocycles. The van der Waals surface area contributed by atoms with Gasteiger partial charge >= 0.3 is 6.18 Å². The van der Waals surface area contributed by atoms with Gasteiger partial charge in [-0.3, -0.25) is 0 Å². The lowest BCUT2D eigenvalue weighted by atomic mass is 10.2. The first-order valence-electron chi connectivity index (χ1n) is 3.99. The minimum atomic E-state index is -4.50. The quantitative estimate of drug-likeness (QED) is 0.711. The summed E-state index contributed by atoms with van der Waals surface area (Å²) in [5.74, 6) is -0.268. The Labute approximate surface area is 87.5 Å². The number of aromatic nitrogens is 3. The summed E-state index contributed by atoms with van der Waals surface area (Å²) in [5, 5.41) is 3.40. The van der Waals surface area contributed by atoms with Gasteiger partial charge in [-0.1, -0.05) is 0 Å². The smallest absolute Gasteiger partial charge is 0.237 e. The van der Waals surface area contributed by atoms with E-state index in [1.807, 2.05) is 0 Å². The average molecular weight is 236 g/mol. The maximum Gasteiger partial charge on any atom is 0.435 e. The monoisotopic (exact) mass is 235 g/mol. The van der Waals surface area contributed by atoms with Gasteiger partial charge in [0, 0.05) is 18.0 Å². The van der Waals surface area contributed by atoms with Crippen molar-refractivity contribution in [2.45, 2.75) is 12.1 Å². The van der Waals surface area contributed by atoms with E-state index >= 15 is 0 Å². The highest BCUT2D eigenvalue weighted by atomic mass is 35.5. The van der Waals surface area contributed by atoms with Crippen LogP contribution in [0.5, 0.6) is 0 Å². The fourth-order valence-corrected chi connectivity index (χ4v) is 1.53. The van der Waals surface area contributed by atoms with Crippen molar-refractivity contribution in [2.75, 3.05) is 0 Å². The minimum absolute atomic E-state index is 0.0928. The first kappa shape index (κ1) is 10.2. The van der Waals surface area contributed by atoms with Crippen LogP contribution in [-0.4, -0.2) is 14.6 Å².